The highest BCUT2D eigenvalue weighted by Gasteiger charge is 2.23. The zero-order valence-electron chi connectivity index (χ0n) is 10.3. The van der Waals surface area contributed by atoms with Gasteiger partial charge in [-0.15, -0.1) is 23.7 Å². The fourth-order valence-electron chi connectivity index (χ4n) is 2.12. The molecule has 6 heteroatoms. The van der Waals surface area contributed by atoms with E-state index in [2.05, 4.69) is 32.7 Å². The van der Waals surface area contributed by atoms with Gasteiger partial charge in [-0.3, -0.25) is 4.79 Å². The predicted molar refractivity (Wildman–Crippen MR) is 81.3 cm³/mol. The van der Waals surface area contributed by atoms with Crippen molar-refractivity contribution in [2.45, 2.75) is 19.4 Å². The Labute approximate surface area is 126 Å². The number of amides is 1. The number of carbonyl (C=O) groups excluding carboxylic acids is 1. The average molecular weight is 354 g/mol. The fraction of sp³-hybridized carbons (Fsp3) is 0.583. The van der Waals surface area contributed by atoms with Crippen LogP contribution in [0, 0.1) is 5.92 Å². The molecule has 1 N–H and O–H groups in total. The van der Waals surface area contributed by atoms with Gasteiger partial charge in [-0.05, 0) is 41.4 Å². The number of nitrogens with zero attached hydrogens (tertiary/aromatic N) is 1. The molecule has 1 aliphatic heterocycles. The van der Waals surface area contributed by atoms with Crippen LogP contribution in [0.4, 0.5) is 0 Å². The van der Waals surface area contributed by atoms with E-state index in [1.807, 2.05) is 11.9 Å². The van der Waals surface area contributed by atoms with Crippen LogP contribution in [-0.4, -0.2) is 30.9 Å². The van der Waals surface area contributed by atoms with Gasteiger partial charge in [-0.2, -0.15) is 0 Å². The van der Waals surface area contributed by atoms with Crippen LogP contribution in [0.2, 0.25) is 0 Å². The van der Waals surface area contributed by atoms with Gasteiger partial charge in [-0.25, -0.2) is 0 Å². The van der Waals surface area contributed by atoms with Gasteiger partial charge >= 0.3 is 0 Å². The molecule has 1 saturated heterocycles. The molecule has 0 aliphatic carbocycles. The second kappa shape index (κ2) is 7.48. The van der Waals surface area contributed by atoms with E-state index in [0.29, 0.717) is 6.54 Å². The Morgan fingerprint density at radius 1 is 1.67 bits per heavy atom. The normalized spacial score (nSPS) is 19.1. The number of piperidine rings is 1. The second-order valence-corrected chi connectivity index (χ2v) is 6.38. The van der Waals surface area contributed by atoms with E-state index < -0.39 is 0 Å². The zero-order valence-corrected chi connectivity index (χ0v) is 13.5. The molecule has 1 fully saturated rings. The SMILES string of the molecule is CN(Cc1cc(Br)cs1)C(=O)[C@@H]1CCCNC1.Cl. The zero-order chi connectivity index (χ0) is 12.3. The summed E-state index contributed by atoms with van der Waals surface area (Å²) in [5.74, 6) is 0.430. The van der Waals surface area contributed by atoms with Crippen LogP contribution in [0.25, 0.3) is 0 Å². The number of hydrogen-bond acceptors (Lipinski definition) is 3. The van der Waals surface area contributed by atoms with Crippen molar-refractivity contribution in [3.8, 4) is 0 Å². The summed E-state index contributed by atoms with van der Waals surface area (Å²) in [5, 5.41) is 5.34. The Morgan fingerprint density at radius 2 is 2.44 bits per heavy atom. The molecule has 102 valence electrons. The summed E-state index contributed by atoms with van der Waals surface area (Å²) in [6.07, 6.45) is 2.12. The van der Waals surface area contributed by atoms with Gasteiger partial charge < -0.3 is 10.2 Å². The van der Waals surface area contributed by atoms with E-state index in [9.17, 15) is 4.79 Å². The first-order valence-electron chi connectivity index (χ1n) is 5.85. The lowest BCUT2D eigenvalue weighted by molar-refractivity contribution is -0.135. The molecule has 1 amide bonds. The van der Waals surface area contributed by atoms with Gasteiger partial charge in [0.25, 0.3) is 0 Å². The van der Waals surface area contributed by atoms with Gasteiger partial charge in [0.05, 0.1) is 12.5 Å². The lowest BCUT2D eigenvalue weighted by atomic mass is 9.98. The Balaban J connectivity index is 0.00000162. The van der Waals surface area contributed by atoms with Crippen molar-refractivity contribution in [3.05, 3.63) is 20.8 Å². The molecule has 2 rings (SSSR count). The minimum Gasteiger partial charge on any atom is -0.340 e. The molecule has 0 saturated carbocycles. The summed E-state index contributed by atoms with van der Waals surface area (Å²) in [7, 11) is 1.89. The molecule has 1 aromatic rings. The van der Waals surface area contributed by atoms with E-state index >= 15 is 0 Å². The van der Waals surface area contributed by atoms with Crippen molar-refractivity contribution < 1.29 is 4.79 Å². The summed E-state index contributed by atoms with van der Waals surface area (Å²) >= 11 is 5.12. The van der Waals surface area contributed by atoms with Gasteiger partial charge in [0.15, 0.2) is 0 Å². The topological polar surface area (TPSA) is 32.3 Å². The minimum absolute atomic E-state index is 0. The minimum atomic E-state index is 0. The quantitative estimate of drug-likeness (QED) is 0.906. The molecule has 1 aliphatic rings. The number of rotatable bonds is 3. The summed E-state index contributed by atoms with van der Waals surface area (Å²) in [6.45, 7) is 2.59. The lowest BCUT2D eigenvalue weighted by Crippen LogP contribution is -2.41. The molecule has 18 heavy (non-hydrogen) atoms. The van der Waals surface area contributed by atoms with Gasteiger partial charge in [0.2, 0.25) is 5.91 Å². The van der Waals surface area contributed by atoms with Crippen LogP contribution in [0.3, 0.4) is 0 Å². The van der Waals surface area contributed by atoms with Crippen LogP contribution in [0.5, 0.6) is 0 Å². The first-order chi connectivity index (χ1) is 8.16. The van der Waals surface area contributed by atoms with Crippen LogP contribution >= 0.6 is 39.7 Å². The predicted octanol–water partition coefficient (Wildman–Crippen LogP) is 2.89. The monoisotopic (exact) mass is 352 g/mol. The maximum absolute atomic E-state index is 12.2. The first-order valence-corrected chi connectivity index (χ1v) is 7.52. The van der Waals surface area contributed by atoms with Crippen molar-refractivity contribution in [1.82, 2.24) is 10.2 Å². The number of carbonyl (C=O) groups is 1. The third kappa shape index (κ3) is 4.23. The van der Waals surface area contributed by atoms with Gasteiger partial charge in [0, 0.05) is 28.3 Å². The van der Waals surface area contributed by atoms with E-state index in [0.717, 1.165) is 30.4 Å². The Kier molecular flexibility index (Phi) is 6.63. The number of nitrogens with one attached hydrogen (secondary N) is 1. The van der Waals surface area contributed by atoms with E-state index in [-0.39, 0.29) is 24.2 Å². The van der Waals surface area contributed by atoms with Crippen molar-refractivity contribution in [2.24, 2.45) is 5.92 Å². The summed E-state index contributed by atoms with van der Waals surface area (Å²) < 4.78 is 1.10. The molecule has 0 radical (unpaired) electrons. The van der Waals surface area contributed by atoms with Gasteiger partial charge in [0.1, 0.15) is 0 Å². The highest BCUT2D eigenvalue weighted by atomic mass is 79.9. The van der Waals surface area contributed by atoms with Crippen LogP contribution in [0.1, 0.15) is 17.7 Å². The van der Waals surface area contributed by atoms with Crippen molar-refractivity contribution >= 4 is 45.6 Å². The molecular weight excluding hydrogens is 336 g/mol. The lowest BCUT2D eigenvalue weighted by Gasteiger charge is -2.26. The molecule has 1 atom stereocenters. The number of hydrogen-bond donors (Lipinski definition) is 1. The molecule has 0 bridgehead atoms. The first kappa shape index (κ1) is 16.0. The smallest absolute Gasteiger partial charge is 0.227 e. The molecule has 0 aromatic carbocycles. The Morgan fingerprint density at radius 3 is 3.00 bits per heavy atom. The number of halogens is 2. The maximum Gasteiger partial charge on any atom is 0.227 e. The molecule has 2 heterocycles. The second-order valence-electron chi connectivity index (χ2n) is 4.47. The van der Waals surface area contributed by atoms with Crippen molar-refractivity contribution in [3.63, 3.8) is 0 Å². The third-order valence-corrected chi connectivity index (χ3v) is 4.72. The summed E-state index contributed by atoms with van der Waals surface area (Å²) in [5.41, 5.74) is 0. The van der Waals surface area contributed by atoms with E-state index in [4.69, 9.17) is 0 Å². The highest BCUT2D eigenvalue weighted by molar-refractivity contribution is 9.10. The van der Waals surface area contributed by atoms with Crippen LogP contribution in [0.15, 0.2) is 15.9 Å². The molecule has 0 unspecified atom stereocenters. The Bertz CT molecular complexity index is 393. The van der Waals surface area contributed by atoms with E-state index in [1.54, 1.807) is 11.3 Å². The fourth-order valence-corrected chi connectivity index (χ4v) is 3.63. The Hall–Kier alpha value is -0.100. The summed E-state index contributed by atoms with van der Waals surface area (Å²) in [4.78, 5) is 15.3. The van der Waals surface area contributed by atoms with Crippen molar-refractivity contribution in [1.29, 1.82) is 0 Å². The van der Waals surface area contributed by atoms with E-state index in [1.165, 1.54) is 4.88 Å². The van der Waals surface area contributed by atoms with Crippen LogP contribution in [-0.2, 0) is 11.3 Å². The molecular formula is C12H18BrClN2OS. The molecule has 0 spiro atoms. The summed E-state index contributed by atoms with van der Waals surface area (Å²) in [6, 6.07) is 2.08. The third-order valence-electron chi connectivity index (χ3n) is 3.04. The largest absolute Gasteiger partial charge is 0.340 e. The highest BCUT2D eigenvalue weighted by Crippen LogP contribution is 2.22. The van der Waals surface area contributed by atoms with Crippen LogP contribution < -0.4 is 5.32 Å². The van der Waals surface area contributed by atoms with Crippen molar-refractivity contribution in [2.75, 3.05) is 20.1 Å². The average Bonchev–Trinajstić information content (AvgIpc) is 2.75. The molecule has 3 nitrogen and oxygen atoms in total. The maximum atomic E-state index is 12.2. The standard InChI is InChI=1S/C12H17BrN2OS.ClH/c1-15(7-11-5-10(13)8-17-11)12(16)9-3-2-4-14-6-9;/h5,8-9,14H,2-4,6-7H2,1H3;1H/t9-;/m1./s1. The number of thiophene rings is 1. The molecule has 1 aromatic heterocycles. The van der Waals surface area contributed by atoms with Gasteiger partial charge in [-0.1, -0.05) is 0 Å².